The first-order chi connectivity index (χ1) is 14.8. The third-order valence-corrected chi connectivity index (χ3v) is 5.30. The third-order valence-electron chi connectivity index (χ3n) is 5.30. The number of unbranched alkanes of at least 4 members (excludes halogenated alkanes) is 12. The zero-order valence-electron chi connectivity index (χ0n) is 19.4. The molecule has 0 aliphatic heterocycles. The fourth-order valence-electron chi connectivity index (χ4n) is 3.45. The smallest absolute Gasteiger partial charge is 0.319 e. The van der Waals surface area contributed by atoms with E-state index in [9.17, 15) is 4.79 Å². The lowest BCUT2D eigenvalue weighted by Crippen LogP contribution is -2.29. The standard InChI is InChI=1S/C26H44N2O2/c1-3-4-5-6-7-8-9-10-11-12-13-14-15-16-17-18-22-27-26(29)28-24-20-19-21-25(23-24)30-2/h10-11,19-21,23H,3-9,12-18,22H2,1-2H3,(H2,27,28,29). The second-order valence-corrected chi connectivity index (χ2v) is 8.05. The van der Waals surface area contributed by atoms with Crippen molar-refractivity contribution < 1.29 is 9.53 Å². The first-order valence-electron chi connectivity index (χ1n) is 12.1. The van der Waals surface area contributed by atoms with E-state index >= 15 is 0 Å². The van der Waals surface area contributed by atoms with Crippen molar-refractivity contribution in [1.29, 1.82) is 0 Å². The summed E-state index contributed by atoms with van der Waals surface area (Å²) in [6, 6.07) is 7.22. The molecule has 0 radical (unpaired) electrons. The van der Waals surface area contributed by atoms with Gasteiger partial charge in [-0.25, -0.2) is 4.79 Å². The molecule has 0 aliphatic carbocycles. The molecule has 0 saturated carbocycles. The summed E-state index contributed by atoms with van der Waals surface area (Å²) in [5.74, 6) is 0.737. The van der Waals surface area contributed by atoms with Crippen molar-refractivity contribution in [3.05, 3.63) is 36.4 Å². The number of anilines is 1. The van der Waals surface area contributed by atoms with Crippen molar-refractivity contribution in [3.8, 4) is 5.75 Å². The van der Waals surface area contributed by atoms with E-state index in [1.807, 2.05) is 24.3 Å². The molecule has 0 spiro atoms. The molecule has 1 aromatic rings. The van der Waals surface area contributed by atoms with Crippen LogP contribution in [0.1, 0.15) is 96.8 Å². The van der Waals surface area contributed by atoms with Gasteiger partial charge in [-0.15, -0.1) is 0 Å². The van der Waals surface area contributed by atoms with Crippen LogP contribution in [0.25, 0.3) is 0 Å². The number of methoxy groups -OCH3 is 1. The van der Waals surface area contributed by atoms with Crippen molar-refractivity contribution in [2.24, 2.45) is 0 Å². The first kappa shape index (κ1) is 26.1. The van der Waals surface area contributed by atoms with Gasteiger partial charge in [0.25, 0.3) is 0 Å². The molecule has 0 aliphatic rings. The van der Waals surface area contributed by atoms with Gasteiger partial charge in [-0.05, 0) is 44.2 Å². The Kier molecular flexibility index (Phi) is 16.5. The predicted octanol–water partition coefficient (Wildman–Crippen LogP) is 7.85. The Morgan fingerprint density at radius 1 is 0.867 bits per heavy atom. The second-order valence-electron chi connectivity index (χ2n) is 8.05. The fraction of sp³-hybridized carbons (Fsp3) is 0.654. The van der Waals surface area contributed by atoms with Gasteiger partial charge in [-0.2, -0.15) is 0 Å². The van der Waals surface area contributed by atoms with Crippen LogP contribution >= 0.6 is 0 Å². The van der Waals surface area contributed by atoms with Crippen LogP contribution in [0.4, 0.5) is 10.5 Å². The lowest BCUT2D eigenvalue weighted by Gasteiger charge is -2.08. The second kappa shape index (κ2) is 19.0. The lowest BCUT2D eigenvalue weighted by atomic mass is 10.1. The summed E-state index contributed by atoms with van der Waals surface area (Å²) < 4.78 is 5.16. The van der Waals surface area contributed by atoms with E-state index < -0.39 is 0 Å². The summed E-state index contributed by atoms with van der Waals surface area (Å²) in [7, 11) is 1.62. The van der Waals surface area contributed by atoms with Crippen LogP contribution in [0.3, 0.4) is 0 Å². The first-order valence-corrected chi connectivity index (χ1v) is 12.1. The van der Waals surface area contributed by atoms with Crippen molar-refractivity contribution in [3.63, 3.8) is 0 Å². The number of carbonyl (C=O) groups is 1. The van der Waals surface area contributed by atoms with Crippen LogP contribution < -0.4 is 15.4 Å². The number of amides is 2. The van der Waals surface area contributed by atoms with E-state index in [0.29, 0.717) is 0 Å². The van der Waals surface area contributed by atoms with Gasteiger partial charge < -0.3 is 15.4 Å². The quantitative estimate of drug-likeness (QED) is 0.189. The van der Waals surface area contributed by atoms with Crippen LogP contribution in [-0.4, -0.2) is 19.7 Å². The molecule has 0 aromatic heterocycles. The van der Waals surface area contributed by atoms with Crippen LogP contribution in [0, 0.1) is 0 Å². The third kappa shape index (κ3) is 14.9. The van der Waals surface area contributed by atoms with E-state index in [1.165, 1.54) is 83.5 Å². The number of benzene rings is 1. The van der Waals surface area contributed by atoms with Gasteiger partial charge in [0.05, 0.1) is 7.11 Å². The van der Waals surface area contributed by atoms with Gasteiger partial charge in [-0.1, -0.05) is 82.9 Å². The van der Waals surface area contributed by atoms with Crippen LogP contribution in [0.15, 0.2) is 36.4 Å². The summed E-state index contributed by atoms with van der Waals surface area (Å²) >= 11 is 0. The molecule has 0 bridgehead atoms. The van der Waals surface area contributed by atoms with E-state index in [0.717, 1.165) is 24.4 Å². The largest absolute Gasteiger partial charge is 0.497 e. The van der Waals surface area contributed by atoms with Gasteiger partial charge in [0.15, 0.2) is 0 Å². The molecule has 1 rings (SSSR count). The van der Waals surface area contributed by atoms with E-state index in [2.05, 4.69) is 29.7 Å². The summed E-state index contributed by atoms with van der Waals surface area (Å²) in [6.07, 6.45) is 22.9. The lowest BCUT2D eigenvalue weighted by molar-refractivity contribution is 0.252. The van der Waals surface area contributed by atoms with Crippen molar-refractivity contribution >= 4 is 11.7 Å². The zero-order chi connectivity index (χ0) is 21.7. The van der Waals surface area contributed by atoms with Crippen molar-refractivity contribution in [1.82, 2.24) is 5.32 Å². The van der Waals surface area contributed by atoms with Crippen molar-refractivity contribution in [2.45, 2.75) is 96.8 Å². The normalized spacial score (nSPS) is 11.0. The maximum atomic E-state index is 11.9. The van der Waals surface area contributed by atoms with Crippen LogP contribution in [0.5, 0.6) is 5.75 Å². The summed E-state index contributed by atoms with van der Waals surface area (Å²) in [5.41, 5.74) is 0.743. The molecule has 4 heteroatoms. The summed E-state index contributed by atoms with van der Waals surface area (Å²) in [4.78, 5) is 11.9. The maximum absolute atomic E-state index is 11.9. The molecule has 30 heavy (non-hydrogen) atoms. The van der Waals surface area contributed by atoms with Gasteiger partial charge in [0, 0.05) is 18.3 Å². The molecule has 2 N–H and O–H groups in total. The molecular formula is C26H44N2O2. The number of hydrogen-bond donors (Lipinski definition) is 2. The Hall–Kier alpha value is -1.97. The minimum Gasteiger partial charge on any atom is -0.497 e. The van der Waals surface area contributed by atoms with E-state index in [1.54, 1.807) is 7.11 Å². The Labute approximate surface area is 184 Å². The van der Waals surface area contributed by atoms with Crippen molar-refractivity contribution in [2.75, 3.05) is 19.0 Å². The molecule has 0 saturated heterocycles. The highest BCUT2D eigenvalue weighted by Crippen LogP contribution is 2.16. The minimum absolute atomic E-state index is 0.156. The average Bonchev–Trinajstić information content (AvgIpc) is 2.76. The summed E-state index contributed by atoms with van der Waals surface area (Å²) in [6.45, 7) is 2.99. The Balaban J connectivity index is 1.86. The highest BCUT2D eigenvalue weighted by atomic mass is 16.5. The Bertz CT molecular complexity index is 572. The summed E-state index contributed by atoms with van der Waals surface area (Å²) in [5, 5.41) is 5.75. The van der Waals surface area contributed by atoms with Gasteiger partial charge in [-0.3, -0.25) is 0 Å². The number of rotatable bonds is 18. The molecule has 4 nitrogen and oxygen atoms in total. The molecule has 0 fully saturated rings. The molecule has 1 aromatic carbocycles. The minimum atomic E-state index is -0.156. The highest BCUT2D eigenvalue weighted by molar-refractivity contribution is 5.89. The predicted molar refractivity (Wildman–Crippen MR) is 129 cm³/mol. The molecule has 0 unspecified atom stereocenters. The van der Waals surface area contributed by atoms with Crippen LogP contribution in [-0.2, 0) is 0 Å². The topological polar surface area (TPSA) is 50.4 Å². The number of urea groups is 1. The van der Waals surface area contributed by atoms with Gasteiger partial charge in [0.1, 0.15) is 5.75 Å². The SMILES string of the molecule is CCCCCCCCC=CCCCCCCCCNC(=O)Nc1cccc(OC)c1. The van der Waals surface area contributed by atoms with Gasteiger partial charge in [0.2, 0.25) is 0 Å². The number of hydrogen-bond acceptors (Lipinski definition) is 2. The Morgan fingerprint density at radius 3 is 2.10 bits per heavy atom. The fourth-order valence-corrected chi connectivity index (χ4v) is 3.45. The molecular weight excluding hydrogens is 372 g/mol. The number of ether oxygens (including phenoxy) is 1. The average molecular weight is 417 g/mol. The Morgan fingerprint density at radius 2 is 1.47 bits per heavy atom. The molecule has 2 amide bonds. The molecule has 170 valence electrons. The van der Waals surface area contributed by atoms with Crippen LogP contribution in [0.2, 0.25) is 0 Å². The maximum Gasteiger partial charge on any atom is 0.319 e. The number of allylic oxidation sites excluding steroid dienone is 2. The molecule has 0 atom stereocenters. The monoisotopic (exact) mass is 416 g/mol. The molecule has 0 heterocycles. The van der Waals surface area contributed by atoms with Gasteiger partial charge >= 0.3 is 6.03 Å². The zero-order valence-corrected chi connectivity index (χ0v) is 19.4. The number of carbonyl (C=O) groups excluding carboxylic acids is 1. The van der Waals surface area contributed by atoms with E-state index in [-0.39, 0.29) is 6.03 Å². The highest BCUT2D eigenvalue weighted by Gasteiger charge is 2.02. The van der Waals surface area contributed by atoms with E-state index in [4.69, 9.17) is 4.74 Å². The number of nitrogens with one attached hydrogen (secondary N) is 2.